The predicted octanol–water partition coefficient (Wildman–Crippen LogP) is 0.625. The minimum Gasteiger partial charge on any atom is -0.480 e. The molecule has 0 saturated carbocycles. The van der Waals surface area contributed by atoms with Crippen LogP contribution >= 0.6 is 25.3 Å². The molecule has 134 valence electrons. The molecule has 0 aromatic heterocycles. The number of nitrogens with two attached hydrogens (primary N) is 1. The molecule has 0 aliphatic heterocycles. The van der Waals surface area contributed by atoms with E-state index in [4.69, 9.17) is 15.6 Å². The number of hydrogen-bond acceptors (Lipinski definition) is 7. The third-order valence-corrected chi connectivity index (χ3v) is 3.96. The Hall–Kier alpha value is -0.930. The fraction of sp³-hybridized carbons (Fsp3) is 0.786. The van der Waals surface area contributed by atoms with Crippen LogP contribution in [0.1, 0.15) is 39.0 Å². The van der Waals surface area contributed by atoms with Gasteiger partial charge in [-0.3, -0.25) is 9.59 Å². The number of carbonyl (C=O) groups is 3. The second-order valence-electron chi connectivity index (χ2n) is 5.19. The van der Waals surface area contributed by atoms with Crippen molar-refractivity contribution < 1.29 is 24.2 Å². The van der Waals surface area contributed by atoms with Crippen LogP contribution in [0.4, 0.5) is 0 Å². The van der Waals surface area contributed by atoms with E-state index in [1.54, 1.807) is 0 Å². The summed E-state index contributed by atoms with van der Waals surface area (Å²) in [5.41, 5.74) is 5.10. The molecule has 0 rings (SSSR count). The topological polar surface area (TPSA) is 119 Å². The van der Waals surface area contributed by atoms with E-state index >= 15 is 0 Å². The minimum absolute atomic E-state index is 0.211. The molecule has 0 radical (unpaired) electrons. The maximum absolute atomic E-state index is 11.8. The average Bonchev–Trinajstić information content (AvgIpc) is 2.48. The lowest BCUT2D eigenvalue weighted by Gasteiger charge is -2.21. The highest BCUT2D eigenvalue weighted by Crippen LogP contribution is 2.12. The van der Waals surface area contributed by atoms with E-state index in [1.807, 2.05) is 0 Å². The number of amides is 1. The van der Waals surface area contributed by atoms with Crippen LogP contribution in [0.2, 0.25) is 0 Å². The van der Waals surface area contributed by atoms with Crippen LogP contribution in [-0.2, 0) is 19.1 Å². The normalized spacial score (nSPS) is 14.6. The number of ether oxygens (including phenoxy) is 1. The number of thiol groups is 2. The molecule has 1 unspecified atom stereocenters. The molecule has 0 heterocycles. The third-order valence-electron chi connectivity index (χ3n) is 3.19. The first-order chi connectivity index (χ1) is 10.8. The molecule has 0 fully saturated rings. The highest BCUT2D eigenvalue weighted by molar-refractivity contribution is 7.81. The summed E-state index contributed by atoms with van der Waals surface area (Å²) in [6.07, 6.45) is 2.46. The highest BCUT2D eigenvalue weighted by Gasteiger charge is 2.29. The maximum atomic E-state index is 11.8. The Kier molecular flexibility index (Phi) is 12.0. The van der Waals surface area contributed by atoms with Crippen LogP contribution in [0, 0.1) is 0 Å². The molecule has 1 amide bonds. The molecule has 0 saturated heterocycles. The van der Waals surface area contributed by atoms with Gasteiger partial charge in [-0.25, -0.2) is 4.79 Å². The Balaban J connectivity index is 4.20. The molecule has 0 bridgehead atoms. The van der Waals surface area contributed by atoms with Crippen LogP contribution in [0.15, 0.2) is 0 Å². The van der Waals surface area contributed by atoms with Crippen LogP contribution < -0.4 is 11.1 Å². The van der Waals surface area contributed by atoms with Gasteiger partial charge in [-0.2, -0.15) is 25.3 Å². The van der Waals surface area contributed by atoms with Gasteiger partial charge in [0.2, 0.25) is 5.91 Å². The second kappa shape index (κ2) is 12.5. The molecular weight excluding hydrogens is 340 g/mol. The van der Waals surface area contributed by atoms with Gasteiger partial charge >= 0.3 is 11.9 Å². The number of hydrogen-bond donors (Lipinski definition) is 5. The van der Waals surface area contributed by atoms with Crippen LogP contribution in [0.3, 0.4) is 0 Å². The molecule has 3 atom stereocenters. The number of nitrogens with one attached hydrogen (secondary N) is 1. The quantitative estimate of drug-likeness (QED) is 0.196. The number of carbonyl (C=O) groups excluding carboxylic acids is 2. The lowest BCUT2D eigenvalue weighted by molar-refractivity contribution is -0.155. The van der Waals surface area contributed by atoms with Crippen LogP contribution in [-0.4, -0.2) is 52.6 Å². The number of carboxylic acid groups (broad SMARTS) is 1. The van der Waals surface area contributed by atoms with Crippen LogP contribution in [0.25, 0.3) is 0 Å². The molecular formula is C14H26N2O5S2. The molecule has 7 nitrogen and oxygen atoms in total. The van der Waals surface area contributed by atoms with Gasteiger partial charge in [0.1, 0.15) is 6.10 Å². The monoisotopic (exact) mass is 366 g/mol. The molecule has 0 spiro atoms. The zero-order chi connectivity index (χ0) is 17.8. The SMILES string of the molecule is C[C@@H](OC(=O)CN)[C@H](NC(=O)CCCCC(S)CCS)C(=O)O. The first-order valence-corrected chi connectivity index (χ1v) is 8.67. The van der Waals surface area contributed by atoms with E-state index in [0.29, 0.717) is 6.42 Å². The molecule has 0 aliphatic rings. The Morgan fingerprint density at radius 3 is 2.43 bits per heavy atom. The first-order valence-electron chi connectivity index (χ1n) is 7.52. The summed E-state index contributed by atoms with van der Waals surface area (Å²) >= 11 is 8.53. The van der Waals surface area contributed by atoms with E-state index in [2.05, 4.69) is 30.6 Å². The summed E-state index contributed by atoms with van der Waals surface area (Å²) in [7, 11) is 0. The third kappa shape index (κ3) is 10.5. The van der Waals surface area contributed by atoms with Gasteiger partial charge in [-0.1, -0.05) is 6.42 Å². The molecule has 4 N–H and O–H groups in total. The van der Waals surface area contributed by atoms with Crippen molar-refractivity contribution in [2.75, 3.05) is 12.3 Å². The summed E-state index contributed by atoms with van der Waals surface area (Å²) in [6, 6.07) is -1.29. The molecule has 9 heteroatoms. The summed E-state index contributed by atoms with van der Waals surface area (Å²) in [5.74, 6) is -1.60. The van der Waals surface area contributed by atoms with E-state index in [0.717, 1.165) is 25.0 Å². The Bertz CT molecular complexity index is 395. The smallest absolute Gasteiger partial charge is 0.330 e. The van der Waals surface area contributed by atoms with Gasteiger partial charge in [-0.05, 0) is 31.9 Å². The van der Waals surface area contributed by atoms with Gasteiger partial charge in [0, 0.05) is 11.7 Å². The van der Waals surface area contributed by atoms with Gasteiger partial charge in [-0.15, -0.1) is 0 Å². The summed E-state index contributed by atoms with van der Waals surface area (Å²) in [6.45, 7) is 1.05. The fourth-order valence-corrected chi connectivity index (χ4v) is 2.73. The van der Waals surface area contributed by atoms with Crippen molar-refractivity contribution in [3.05, 3.63) is 0 Å². The summed E-state index contributed by atoms with van der Waals surface area (Å²) in [5, 5.41) is 11.8. The van der Waals surface area contributed by atoms with Gasteiger partial charge in [0.15, 0.2) is 6.04 Å². The van der Waals surface area contributed by atoms with Crippen LogP contribution in [0.5, 0.6) is 0 Å². The zero-order valence-corrected chi connectivity index (χ0v) is 15.0. The van der Waals surface area contributed by atoms with Gasteiger partial charge in [0.25, 0.3) is 0 Å². The van der Waals surface area contributed by atoms with E-state index < -0.39 is 30.0 Å². The first kappa shape index (κ1) is 22.1. The average molecular weight is 367 g/mol. The zero-order valence-electron chi connectivity index (χ0n) is 13.2. The highest BCUT2D eigenvalue weighted by atomic mass is 32.1. The maximum Gasteiger partial charge on any atom is 0.330 e. The van der Waals surface area contributed by atoms with Crippen molar-refractivity contribution in [3.63, 3.8) is 0 Å². The summed E-state index contributed by atoms with van der Waals surface area (Å²) in [4.78, 5) is 34.1. The van der Waals surface area contributed by atoms with E-state index in [-0.39, 0.29) is 18.2 Å². The summed E-state index contributed by atoms with van der Waals surface area (Å²) < 4.78 is 4.83. The van der Waals surface area contributed by atoms with Crippen molar-refractivity contribution in [2.45, 2.75) is 56.4 Å². The van der Waals surface area contributed by atoms with Crippen molar-refractivity contribution in [1.82, 2.24) is 5.32 Å². The van der Waals surface area contributed by atoms with E-state index in [1.165, 1.54) is 6.92 Å². The van der Waals surface area contributed by atoms with Gasteiger partial charge < -0.3 is 20.9 Å². The Labute approximate surface area is 147 Å². The number of esters is 1. The van der Waals surface area contributed by atoms with Gasteiger partial charge in [0.05, 0.1) is 6.54 Å². The Morgan fingerprint density at radius 2 is 1.91 bits per heavy atom. The largest absolute Gasteiger partial charge is 0.480 e. The molecule has 0 aromatic carbocycles. The number of unbranched alkanes of at least 4 members (excludes halogenated alkanes) is 1. The number of carboxylic acids is 1. The molecule has 0 aliphatic carbocycles. The van der Waals surface area contributed by atoms with Crippen molar-refractivity contribution in [3.8, 4) is 0 Å². The van der Waals surface area contributed by atoms with E-state index in [9.17, 15) is 14.4 Å². The second-order valence-corrected chi connectivity index (χ2v) is 6.37. The van der Waals surface area contributed by atoms with Crippen molar-refractivity contribution in [1.29, 1.82) is 0 Å². The minimum atomic E-state index is -1.29. The standard InChI is InChI=1S/C14H26N2O5S2/c1-9(21-12(18)8-15)13(14(19)20)16-11(17)5-3-2-4-10(23)6-7-22/h9-10,13,22-23H,2-8,15H2,1H3,(H,16,17)(H,19,20)/t9-,10?,13+/m1/s1. The van der Waals surface area contributed by atoms with Crippen molar-refractivity contribution >= 4 is 43.1 Å². The van der Waals surface area contributed by atoms with Crippen molar-refractivity contribution in [2.24, 2.45) is 5.73 Å². The lowest BCUT2D eigenvalue weighted by Crippen LogP contribution is -2.49. The number of aliphatic carboxylic acids is 1. The predicted molar refractivity (Wildman–Crippen MR) is 93.9 cm³/mol. The fourth-order valence-electron chi connectivity index (χ4n) is 1.91. The Morgan fingerprint density at radius 1 is 1.26 bits per heavy atom. The number of rotatable bonds is 12. The molecule has 0 aromatic rings. The lowest BCUT2D eigenvalue weighted by atomic mass is 10.1. The molecule has 23 heavy (non-hydrogen) atoms.